The number of rotatable bonds is 9. The van der Waals surface area contributed by atoms with E-state index in [2.05, 4.69) is 4.90 Å². The predicted molar refractivity (Wildman–Crippen MR) is 68.5 cm³/mol. The molecular weight excluding hydrogens is 234 g/mol. The summed E-state index contributed by atoms with van der Waals surface area (Å²) in [6.45, 7) is 6.19. The topological polar surface area (TPSA) is 48.0 Å². The standard InChI is InChI=1S/C13H25NO4/c1-3-18-13(15)12-6-4-7-14(12)8-5-9-17-11-10-16-2/h12H,3-11H2,1-2H3. The van der Waals surface area contributed by atoms with E-state index in [1.54, 1.807) is 7.11 Å². The number of methoxy groups -OCH3 is 1. The second-order valence-corrected chi connectivity index (χ2v) is 4.40. The summed E-state index contributed by atoms with van der Waals surface area (Å²) in [6.07, 6.45) is 2.94. The number of ether oxygens (including phenoxy) is 3. The molecule has 0 aromatic rings. The number of nitrogens with zero attached hydrogens (tertiary/aromatic N) is 1. The van der Waals surface area contributed by atoms with Crippen molar-refractivity contribution in [2.24, 2.45) is 0 Å². The van der Waals surface area contributed by atoms with Gasteiger partial charge in [-0.2, -0.15) is 0 Å². The van der Waals surface area contributed by atoms with E-state index in [-0.39, 0.29) is 12.0 Å². The Morgan fingerprint density at radius 2 is 2.17 bits per heavy atom. The molecule has 1 atom stereocenters. The minimum atomic E-state index is -0.0738. The molecule has 1 aliphatic rings. The summed E-state index contributed by atoms with van der Waals surface area (Å²) in [4.78, 5) is 13.9. The number of carbonyl (C=O) groups is 1. The Bertz CT molecular complexity index is 235. The average molecular weight is 259 g/mol. The van der Waals surface area contributed by atoms with Crippen LogP contribution in [0.4, 0.5) is 0 Å². The largest absolute Gasteiger partial charge is 0.465 e. The van der Waals surface area contributed by atoms with E-state index >= 15 is 0 Å². The normalized spacial score (nSPS) is 20.2. The lowest BCUT2D eigenvalue weighted by Gasteiger charge is -2.22. The van der Waals surface area contributed by atoms with Crippen molar-refractivity contribution in [3.05, 3.63) is 0 Å². The van der Waals surface area contributed by atoms with Crippen LogP contribution in [0.5, 0.6) is 0 Å². The molecule has 0 aliphatic carbocycles. The summed E-state index contributed by atoms with van der Waals surface area (Å²) < 4.78 is 15.4. The molecule has 1 fully saturated rings. The lowest BCUT2D eigenvalue weighted by Crippen LogP contribution is -2.38. The van der Waals surface area contributed by atoms with Crippen molar-refractivity contribution >= 4 is 5.97 Å². The van der Waals surface area contributed by atoms with Gasteiger partial charge in [0, 0.05) is 20.3 Å². The quantitative estimate of drug-likeness (QED) is 0.458. The fraction of sp³-hybridized carbons (Fsp3) is 0.923. The fourth-order valence-electron chi connectivity index (χ4n) is 2.21. The Morgan fingerprint density at radius 1 is 1.33 bits per heavy atom. The first-order valence-electron chi connectivity index (χ1n) is 6.77. The molecule has 0 amide bonds. The minimum absolute atomic E-state index is 0.0380. The second kappa shape index (κ2) is 9.30. The summed E-state index contributed by atoms with van der Waals surface area (Å²) in [6, 6.07) is -0.0380. The van der Waals surface area contributed by atoms with Crippen LogP contribution >= 0.6 is 0 Å². The highest BCUT2D eigenvalue weighted by atomic mass is 16.5. The Kier molecular flexibility index (Phi) is 7.96. The summed E-state index contributed by atoms with van der Waals surface area (Å²) in [5.41, 5.74) is 0. The zero-order valence-electron chi connectivity index (χ0n) is 11.5. The molecule has 0 aromatic carbocycles. The first-order chi connectivity index (χ1) is 8.79. The van der Waals surface area contributed by atoms with Crippen molar-refractivity contribution in [3.63, 3.8) is 0 Å². The predicted octanol–water partition coefficient (Wildman–Crippen LogP) is 1.07. The van der Waals surface area contributed by atoms with Crippen molar-refractivity contribution in [2.75, 3.05) is 46.6 Å². The van der Waals surface area contributed by atoms with Gasteiger partial charge in [-0.3, -0.25) is 9.69 Å². The first-order valence-corrected chi connectivity index (χ1v) is 6.77. The van der Waals surface area contributed by atoms with Crippen LogP contribution < -0.4 is 0 Å². The highest BCUT2D eigenvalue weighted by molar-refractivity contribution is 5.76. The highest BCUT2D eigenvalue weighted by Gasteiger charge is 2.31. The molecule has 0 radical (unpaired) electrons. The van der Waals surface area contributed by atoms with Crippen LogP contribution in [-0.4, -0.2) is 63.5 Å². The Balaban J connectivity index is 2.14. The van der Waals surface area contributed by atoms with Crippen LogP contribution in [0.2, 0.25) is 0 Å². The average Bonchev–Trinajstić information content (AvgIpc) is 2.82. The van der Waals surface area contributed by atoms with Crippen molar-refractivity contribution < 1.29 is 19.0 Å². The number of carbonyl (C=O) groups excluding carboxylic acids is 1. The molecule has 1 rings (SSSR count). The highest BCUT2D eigenvalue weighted by Crippen LogP contribution is 2.18. The summed E-state index contributed by atoms with van der Waals surface area (Å²) >= 11 is 0. The van der Waals surface area contributed by atoms with Crippen molar-refractivity contribution in [3.8, 4) is 0 Å². The molecule has 5 heteroatoms. The molecule has 0 bridgehead atoms. The minimum Gasteiger partial charge on any atom is -0.465 e. The third kappa shape index (κ3) is 5.33. The molecule has 0 spiro atoms. The third-order valence-corrected chi connectivity index (χ3v) is 3.09. The molecule has 18 heavy (non-hydrogen) atoms. The molecule has 1 aliphatic heterocycles. The van der Waals surface area contributed by atoms with Crippen molar-refractivity contribution in [1.82, 2.24) is 4.90 Å². The smallest absolute Gasteiger partial charge is 0.323 e. The van der Waals surface area contributed by atoms with Crippen molar-refractivity contribution in [2.45, 2.75) is 32.2 Å². The third-order valence-electron chi connectivity index (χ3n) is 3.09. The fourth-order valence-corrected chi connectivity index (χ4v) is 2.21. The number of hydrogen-bond acceptors (Lipinski definition) is 5. The van der Waals surface area contributed by atoms with Gasteiger partial charge in [0.1, 0.15) is 6.04 Å². The molecule has 1 saturated heterocycles. The second-order valence-electron chi connectivity index (χ2n) is 4.40. The van der Waals surface area contributed by atoms with E-state index < -0.39 is 0 Å². The van der Waals surface area contributed by atoms with Crippen molar-refractivity contribution in [1.29, 1.82) is 0 Å². The summed E-state index contributed by atoms with van der Waals surface area (Å²) in [5, 5.41) is 0. The maximum atomic E-state index is 11.7. The van der Waals surface area contributed by atoms with Gasteiger partial charge in [-0.25, -0.2) is 0 Å². The molecule has 1 heterocycles. The zero-order valence-corrected chi connectivity index (χ0v) is 11.5. The maximum absolute atomic E-state index is 11.7. The summed E-state index contributed by atoms with van der Waals surface area (Å²) in [7, 11) is 1.66. The van der Waals surface area contributed by atoms with E-state index in [1.807, 2.05) is 6.92 Å². The van der Waals surface area contributed by atoms with Gasteiger partial charge in [-0.05, 0) is 32.7 Å². The van der Waals surface area contributed by atoms with E-state index in [1.165, 1.54) is 0 Å². The number of hydrogen-bond donors (Lipinski definition) is 0. The van der Waals surface area contributed by atoms with Gasteiger partial charge in [0.15, 0.2) is 0 Å². The van der Waals surface area contributed by atoms with Crippen LogP contribution in [0.3, 0.4) is 0 Å². The summed E-state index contributed by atoms with van der Waals surface area (Å²) in [5.74, 6) is -0.0738. The lowest BCUT2D eigenvalue weighted by atomic mass is 10.2. The van der Waals surface area contributed by atoms with E-state index in [0.29, 0.717) is 19.8 Å². The van der Waals surface area contributed by atoms with E-state index in [0.717, 1.165) is 39.0 Å². The van der Waals surface area contributed by atoms with E-state index in [9.17, 15) is 4.79 Å². The number of esters is 1. The molecular formula is C13H25NO4. The van der Waals surface area contributed by atoms with Crippen LogP contribution in [0, 0.1) is 0 Å². The SMILES string of the molecule is CCOC(=O)C1CCCN1CCCOCCOC. The Hall–Kier alpha value is -0.650. The zero-order chi connectivity index (χ0) is 13.2. The first kappa shape index (κ1) is 15.4. The van der Waals surface area contributed by atoms with Gasteiger partial charge in [0.05, 0.1) is 19.8 Å². The molecule has 106 valence electrons. The Morgan fingerprint density at radius 3 is 2.89 bits per heavy atom. The lowest BCUT2D eigenvalue weighted by molar-refractivity contribution is -0.148. The van der Waals surface area contributed by atoms with Gasteiger partial charge in [-0.1, -0.05) is 0 Å². The van der Waals surface area contributed by atoms with Gasteiger partial charge in [0.2, 0.25) is 0 Å². The Labute approximate surface area is 109 Å². The molecule has 0 saturated carbocycles. The monoisotopic (exact) mass is 259 g/mol. The maximum Gasteiger partial charge on any atom is 0.323 e. The van der Waals surface area contributed by atoms with Crippen LogP contribution in [0.25, 0.3) is 0 Å². The van der Waals surface area contributed by atoms with Gasteiger partial charge < -0.3 is 14.2 Å². The van der Waals surface area contributed by atoms with Gasteiger partial charge in [-0.15, -0.1) is 0 Å². The molecule has 0 N–H and O–H groups in total. The van der Waals surface area contributed by atoms with E-state index in [4.69, 9.17) is 14.2 Å². The van der Waals surface area contributed by atoms with Crippen LogP contribution in [0.1, 0.15) is 26.2 Å². The molecule has 5 nitrogen and oxygen atoms in total. The van der Waals surface area contributed by atoms with Gasteiger partial charge in [0.25, 0.3) is 0 Å². The van der Waals surface area contributed by atoms with Crippen LogP contribution in [0.15, 0.2) is 0 Å². The van der Waals surface area contributed by atoms with Crippen LogP contribution in [-0.2, 0) is 19.0 Å². The molecule has 1 unspecified atom stereocenters. The van der Waals surface area contributed by atoms with Gasteiger partial charge >= 0.3 is 5.97 Å². The number of likely N-dealkylation sites (tertiary alicyclic amines) is 1. The molecule has 0 aromatic heterocycles.